The summed E-state index contributed by atoms with van der Waals surface area (Å²) in [7, 11) is 0. The Morgan fingerprint density at radius 1 is 1.17 bits per heavy atom. The van der Waals surface area contributed by atoms with Gasteiger partial charge in [0.15, 0.2) is 0 Å². The van der Waals surface area contributed by atoms with Crippen LogP contribution in [0.25, 0.3) is 6.08 Å². The first-order valence-corrected chi connectivity index (χ1v) is 11.7. The van der Waals surface area contributed by atoms with E-state index in [2.05, 4.69) is 11.4 Å². The number of para-hydroxylation sites is 1. The highest BCUT2D eigenvalue weighted by molar-refractivity contribution is 7.16. The van der Waals surface area contributed by atoms with Crippen LogP contribution in [0.5, 0.6) is 5.75 Å². The largest absolute Gasteiger partial charge is 0.488 e. The minimum absolute atomic E-state index is 0.0327. The minimum Gasteiger partial charge on any atom is -0.488 e. The van der Waals surface area contributed by atoms with Crippen molar-refractivity contribution in [3.8, 4) is 17.9 Å². The highest BCUT2D eigenvalue weighted by Crippen LogP contribution is 2.37. The van der Waals surface area contributed by atoms with Gasteiger partial charge in [0.2, 0.25) is 0 Å². The van der Waals surface area contributed by atoms with E-state index in [1.807, 2.05) is 6.07 Å². The number of amides is 1. The quantitative estimate of drug-likeness (QED) is 0.203. The summed E-state index contributed by atoms with van der Waals surface area (Å²) in [5.74, 6) is -0.181. The van der Waals surface area contributed by atoms with Crippen LogP contribution in [0.2, 0.25) is 0 Å². The van der Waals surface area contributed by atoms with E-state index in [4.69, 9.17) is 4.74 Å². The number of carbonyl (C=O) groups excluding carboxylic acids is 1. The van der Waals surface area contributed by atoms with Gasteiger partial charge in [0, 0.05) is 22.6 Å². The van der Waals surface area contributed by atoms with E-state index in [9.17, 15) is 25.4 Å². The molecule has 0 saturated heterocycles. The van der Waals surface area contributed by atoms with E-state index in [1.54, 1.807) is 36.4 Å². The van der Waals surface area contributed by atoms with E-state index < -0.39 is 10.8 Å². The molecule has 1 amide bonds. The summed E-state index contributed by atoms with van der Waals surface area (Å²) in [5, 5.41) is 33.5. The summed E-state index contributed by atoms with van der Waals surface area (Å²) in [5.41, 5.74) is 2.44. The van der Waals surface area contributed by atoms with E-state index >= 15 is 0 Å². The van der Waals surface area contributed by atoms with Gasteiger partial charge < -0.3 is 10.1 Å². The van der Waals surface area contributed by atoms with Crippen LogP contribution in [0, 0.1) is 32.8 Å². The van der Waals surface area contributed by atoms with Gasteiger partial charge in [-0.2, -0.15) is 10.5 Å². The molecule has 0 radical (unpaired) electrons. The molecular weight excluding hydrogens is 464 g/mol. The van der Waals surface area contributed by atoms with Gasteiger partial charge >= 0.3 is 0 Å². The molecule has 0 saturated carbocycles. The van der Waals surface area contributed by atoms with E-state index in [0.29, 0.717) is 27.4 Å². The fourth-order valence-corrected chi connectivity index (χ4v) is 5.13. The van der Waals surface area contributed by atoms with Gasteiger partial charge in [-0.15, -0.1) is 11.3 Å². The number of nitro groups is 1. The van der Waals surface area contributed by atoms with Gasteiger partial charge in [0.1, 0.15) is 35.1 Å². The Hall–Kier alpha value is -4.47. The van der Waals surface area contributed by atoms with Gasteiger partial charge in [0.05, 0.1) is 10.5 Å². The van der Waals surface area contributed by atoms with Gasteiger partial charge in [-0.1, -0.05) is 30.3 Å². The van der Waals surface area contributed by atoms with E-state index in [1.165, 1.54) is 29.5 Å². The second-order valence-electron chi connectivity index (χ2n) is 7.90. The first-order valence-electron chi connectivity index (χ1n) is 10.9. The Morgan fingerprint density at radius 2 is 1.97 bits per heavy atom. The molecule has 1 aliphatic rings. The number of non-ortho nitro benzene ring substituents is 1. The Balaban J connectivity index is 1.54. The molecule has 1 aromatic heterocycles. The van der Waals surface area contributed by atoms with Crippen LogP contribution in [-0.4, -0.2) is 10.8 Å². The number of nitriles is 2. The number of benzene rings is 2. The number of hydrogen-bond donors (Lipinski definition) is 1. The number of nitro benzene ring substituents is 1. The Labute approximate surface area is 205 Å². The van der Waals surface area contributed by atoms with Crippen LogP contribution in [0.1, 0.15) is 40.0 Å². The fourth-order valence-electron chi connectivity index (χ4n) is 3.90. The van der Waals surface area contributed by atoms with Crippen molar-refractivity contribution >= 4 is 34.0 Å². The van der Waals surface area contributed by atoms with Gasteiger partial charge in [-0.05, 0) is 49.0 Å². The van der Waals surface area contributed by atoms with Gasteiger partial charge in [-0.3, -0.25) is 14.9 Å². The Morgan fingerprint density at radius 3 is 2.74 bits per heavy atom. The highest BCUT2D eigenvalue weighted by Gasteiger charge is 2.23. The van der Waals surface area contributed by atoms with Gasteiger partial charge in [0.25, 0.3) is 11.6 Å². The summed E-state index contributed by atoms with van der Waals surface area (Å²) >= 11 is 1.40. The maximum atomic E-state index is 12.9. The van der Waals surface area contributed by atoms with Crippen molar-refractivity contribution in [3.63, 3.8) is 0 Å². The van der Waals surface area contributed by atoms with Crippen molar-refractivity contribution in [2.45, 2.75) is 32.3 Å². The summed E-state index contributed by atoms with van der Waals surface area (Å²) in [6.07, 6.45) is 5.21. The average Bonchev–Trinajstić information content (AvgIpc) is 3.23. The molecule has 0 unspecified atom stereocenters. The maximum absolute atomic E-state index is 12.9. The van der Waals surface area contributed by atoms with Crippen molar-refractivity contribution in [2.24, 2.45) is 0 Å². The number of thiophene rings is 1. The maximum Gasteiger partial charge on any atom is 0.269 e. The third kappa shape index (κ3) is 5.37. The monoisotopic (exact) mass is 484 g/mol. The lowest BCUT2D eigenvalue weighted by atomic mass is 9.96. The summed E-state index contributed by atoms with van der Waals surface area (Å²) in [4.78, 5) is 24.6. The van der Waals surface area contributed by atoms with E-state index in [0.717, 1.165) is 36.1 Å². The first kappa shape index (κ1) is 23.7. The third-order valence-corrected chi connectivity index (χ3v) is 6.82. The number of aryl methyl sites for hydroxylation is 1. The zero-order valence-electron chi connectivity index (χ0n) is 18.6. The van der Waals surface area contributed by atoms with Crippen molar-refractivity contribution in [1.82, 2.24) is 0 Å². The molecule has 2 aromatic carbocycles. The zero-order valence-corrected chi connectivity index (χ0v) is 19.4. The number of nitrogens with one attached hydrogen (secondary N) is 1. The van der Waals surface area contributed by atoms with Crippen molar-refractivity contribution in [2.75, 3.05) is 5.32 Å². The normalized spacial score (nSPS) is 12.7. The predicted octanol–water partition coefficient (Wildman–Crippen LogP) is 5.53. The second kappa shape index (κ2) is 10.6. The molecule has 174 valence electrons. The molecule has 4 rings (SSSR count). The number of hydrogen-bond acceptors (Lipinski definition) is 7. The highest BCUT2D eigenvalue weighted by atomic mass is 32.1. The molecule has 1 aliphatic carbocycles. The third-order valence-electron chi connectivity index (χ3n) is 5.61. The fraction of sp³-hybridized carbons (Fsp3) is 0.192. The van der Waals surface area contributed by atoms with Crippen LogP contribution < -0.4 is 10.1 Å². The van der Waals surface area contributed by atoms with Crippen molar-refractivity contribution < 1.29 is 14.5 Å². The van der Waals surface area contributed by atoms with Crippen LogP contribution in [0.3, 0.4) is 0 Å². The summed E-state index contributed by atoms with van der Waals surface area (Å²) in [6.45, 7) is 0.0763. The average molecular weight is 485 g/mol. The molecule has 8 nitrogen and oxygen atoms in total. The lowest BCUT2D eigenvalue weighted by Gasteiger charge is -2.10. The molecular formula is C26H20N4O4S. The Bertz CT molecular complexity index is 1410. The molecule has 0 bridgehead atoms. The molecule has 9 heteroatoms. The number of rotatable bonds is 7. The van der Waals surface area contributed by atoms with Crippen molar-refractivity contribution in [3.05, 3.63) is 91.3 Å². The topological polar surface area (TPSA) is 129 Å². The number of ether oxygens (including phenoxy) is 1. The smallest absolute Gasteiger partial charge is 0.269 e. The molecule has 0 spiro atoms. The zero-order chi connectivity index (χ0) is 24.8. The predicted molar refractivity (Wildman–Crippen MR) is 132 cm³/mol. The van der Waals surface area contributed by atoms with Crippen LogP contribution in [0.4, 0.5) is 10.7 Å². The standard InChI is InChI=1S/C26H20N4O4S/c27-14-19(25(31)29-26-22(15-28)21-9-2-4-11-24(21)35-26)13-18-7-1-3-10-23(18)34-16-17-6-5-8-20(12-17)30(32)33/h1,3,5-8,10,12-13H,2,4,9,11,16H2,(H,29,31). The molecule has 1 heterocycles. The van der Waals surface area contributed by atoms with E-state index in [-0.39, 0.29) is 17.9 Å². The molecule has 3 aromatic rings. The number of fused-ring (bicyclic) bond motifs is 1. The molecule has 0 atom stereocenters. The minimum atomic E-state index is -0.601. The SMILES string of the molecule is N#CC(=Cc1ccccc1OCc1cccc([N+](=O)[O-])c1)C(=O)Nc1sc2c(c1C#N)CCCC2. The van der Waals surface area contributed by atoms with Crippen LogP contribution >= 0.6 is 11.3 Å². The molecule has 1 N–H and O–H groups in total. The summed E-state index contributed by atoms with van der Waals surface area (Å²) in [6, 6.07) is 17.2. The molecule has 0 aliphatic heterocycles. The molecule has 0 fully saturated rings. The lowest BCUT2D eigenvalue weighted by Crippen LogP contribution is -2.13. The number of carbonyl (C=O) groups is 1. The summed E-state index contributed by atoms with van der Waals surface area (Å²) < 4.78 is 5.84. The van der Waals surface area contributed by atoms with Crippen molar-refractivity contribution in [1.29, 1.82) is 10.5 Å². The number of anilines is 1. The van der Waals surface area contributed by atoms with Crippen LogP contribution in [0.15, 0.2) is 54.1 Å². The second-order valence-corrected chi connectivity index (χ2v) is 9.01. The lowest BCUT2D eigenvalue weighted by molar-refractivity contribution is -0.384. The Kier molecular flexibility index (Phi) is 7.20. The number of nitrogens with zero attached hydrogens (tertiary/aromatic N) is 3. The van der Waals surface area contributed by atoms with Crippen LogP contribution in [-0.2, 0) is 24.2 Å². The van der Waals surface area contributed by atoms with Gasteiger partial charge in [-0.25, -0.2) is 0 Å². The molecule has 35 heavy (non-hydrogen) atoms. The first-order chi connectivity index (χ1) is 17.0.